The molecule has 1 aromatic rings. The zero-order chi connectivity index (χ0) is 17.1. The zero-order valence-electron chi connectivity index (χ0n) is 12.5. The molecule has 2 atom stereocenters. The Morgan fingerprint density at radius 3 is 2.61 bits per heavy atom. The Balaban J connectivity index is 2.78. The van der Waals surface area contributed by atoms with Gasteiger partial charge in [-0.3, -0.25) is 4.79 Å². The fourth-order valence-electron chi connectivity index (χ4n) is 2.49. The number of methoxy groups -OCH3 is 2. The molecule has 1 amide bonds. The minimum atomic E-state index is -1.32. The predicted octanol–water partition coefficient (Wildman–Crippen LogP) is 0.140. The lowest BCUT2D eigenvalue weighted by Gasteiger charge is -2.29. The Morgan fingerprint density at radius 2 is 2.09 bits per heavy atom. The summed E-state index contributed by atoms with van der Waals surface area (Å²) in [5, 5.41) is 9.32. The number of fused-ring (bicyclic) bond motifs is 1. The maximum atomic E-state index is 12.3. The highest BCUT2D eigenvalue weighted by molar-refractivity contribution is 5.97. The van der Waals surface area contributed by atoms with E-state index < -0.39 is 23.7 Å². The summed E-state index contributed by atoms with van der Waals surface area (Å²) in [5.74, 6) is -3.87. The van der Waals surface area contributed by atoms with Gasteiger partial charge in [-0.2, -0.15) is 5.26 Å². The molecule has 8 heteroatoms. The second-order valence-corrected chi connectivity index (χ2v) is 4.74. The van der Waals surface area contributed by atoms with Gasteiger partial charge < -0.3 is 25.7 Å². The van der Waals surface area contributed by atoms with E-state index in [4.69, 9.17) is 25.7 Å². The summed E-state index contributed by atoms with van der Waals surface area (Å²) in [6.07, 6.45) is 0. The molecule has 0 aromatic heterocycles. The van der Waals surface area contributed by atoms with Crippen molar-refractivity contribution in [3.63, 3.8) is 0 Å². The second-order valence-electron chi connectivity index (χ2n) is 4.74. The number of hydrogen-bond acceptors (Lipinski definition) is 7. The van der Waals surface area contributed by atoms with Crippen molar-refractivity contribution in [2.45, 2.75) is 5.92 Å². The monoisotopic (exact) mass is 317 g/mol. The molecule has 120 valence electrons. The minimum absolute atomic E-state index is 0.124. The Kier molecular flexibility index (Phi) is 4.41. The number of nitriles is 1. The lowest BCUT2D eigenvalue weighted by atomic mass is 9.78. The third-order valence-corrected chi connectivity index (χ3v) is 3.55. The Hall–Kier alpha value is -3.21. The van der Waals surface area contributed by atoms with Gasteiger partial charge in [0.25, 0.3) is 0 Å². The van der Waals surface area contributed by atoms with E-state index >= 15 is 0 Å². The number of carbonyl (C=O) groups excluding carboxylic acids is 2. The van der Waals surface area contributed by atoms with Gasteiger partial charge in [-0.25, -0.2) is 4.79 Å². The minimum Gasteiger partial charge on any atom is -0.493 e. The topological polar surface area (TPSA) is 138 Å². The van der Waals surface area contributed by atoms with Crippen molar-refractivity contribution >= 4 is 11.9 Å². The molecule has 1 aliphatic heterocycles. The molecule has 2 unspecified atom stereocenters. The maximum Gasteiger partial charge on any atom is 0.345 e. The van der Waals surface area contributed by atoms with Crippen LogP contribution >= 0.6 is 0 Å². The summed E-state index contributed by atoms with van der Waals surface area (Å²) in [6.45, 7) is 0. The number of amides is 1. The van der Waals surface area contributed by atoms with Crippen LogP contribution < -0.4 is 20.9 Å². The number of esters is 1. The van der Waals surface area contributed by atoms with E-state index in [1.165, 1.54) is 14.2 Å². The molecule has 0 spiro atoms. The standard InChI is InChI=1S/C15H15N3O5/c1-21-9-5-3-4-7-10(8(6-16)13(17)19)11(14(18)22-2)15(20)23-12(7)9/h3-5,8,10H,18H2,1-2H3,(H2,17,19)/b14-11+. The van der Waals surface area contributed by atoms with Crippen LogP contribution in [0.15, 0.2) is 29.7 Å². The van der Waals surface area contributed by atoms with E-state index in [1.54, 1.807) is 18.2 Å². The molecule has 2 rings (SSSR count). The number of para-hydroxylation sites is 1. The van der Waals surface area contributed by atoms with Crippen molar-refractivity contribution in [2.24, 2.45) is 17.4 Å². The molecule has 4 N–H and O–H groups in total. The normalized spacial score (nSPS) is 19.7. The van der Waals surface area contributed by atoms with Crippen molar-refractivity contribution < 1.29 is 23.8 Å². The first kappa shape index (κ1) is 16.2. The van der Waals surface area contributed by atoms with E-state index in [2.05, 4.69) is 0 Å². The van der Waals surface area contributed by atoms with E-state index in [1.807, 2.05) is 6.07 Å². The second kappa shape index (κ2) is 6.27. The van der Waals surface area contributed by atoms with Crippen LogP contribution in [0, 0.1) is 17.2 Å². The molecule has 23 heavy (non-hydrogen) atoms. The van der Waals surface area contributed by atoms with Crippen LogP contribution in [0.5, 0.6) is 11.5 Å². The van der Waals surface area contributed by atoms with Crippen LogP contribution in [0.25, 0.3) is 0 Å². The van der Waals surface area contributed by atoms with Crippen LogP contribution in [-0.4, -0.2) is 26.1 Å². The Morgan fingerprint density at radius 1 is 1.39 bits per heavy atom. The summed E-state index contributed by atoms with van der Waals surface area (Å²) >= 11 is 0. The number of nitrogens with two attached hydrogens (primary N) is 2. The number of carbonyl (C=O) groups is 2. The van der Waals surface area contributed by atoms with E-state index in [-0.39, 0.29) is 23.0 Å². The summed E-state index contributed by atoms with van der Waals surface area (Å²) in [4.78, 5) is 24.0. The van der Waals surface area contributed by atoms with Gasteiger partial charge in [0.05, 0.1) is 26.2 Å². The number of benzene rings is 1. The van der Waals surface area contributed by atoms with Crippen LogP contribution in [0.1, 0.15) is 11.5 Å². The molecule has 0 radical (unpaired) electrons. The SMILES string of the molecule is CO/C(N)=C1/C(=O)Oc2c(OC)cccc2C1C(C#N)C(N)=O. The lowest BCUT2D eigenvalue weighted by Crippen LogP contribution is -2.36. The molecule has 0 fully saturated rings. The van der Waals surface area contributed by atoms with E-state index in [0.29, 0.717) is 5.56 Å². The Labute approximate surface area is 132 Å². The highest BCUT2D eigenvalue weighted by Crippen LogP contribution is 2.46. The van der Waals surface area contributed by atoms with Gasteiger partial charge in [0, 0.05) is 5.56 Å². The fourth-order valence-corrected chi connectivity index (χ4v) is 2.49. The fraction of sp³-hybridized carbons (Fsp3) is 0.267. The molecule has 0 saturated heterocycles. The number of hydrogen-bond donors (Lipinski definition) is 2. The highest BCUT2D eigenvalue weighted by Gasteiger charge is 2.43. The summed E-state index contributed by atoms with van der Waals surface area (Å²) in [6, 6.07) is 6.64. The molecule has 1 heterocycles. The molecular formula is C15H15N3O5. The molecule has 0 saturated carbocycles. The third-order valence-electron chi connectivity index (χ3n) is 3.55. The molecule has 0 aliphatic carbocycles. The van der Waals surface area contributed by atoms with Gasteiger partial charge >= 0.3 is 5.97 Å². The highest BCUT2D eigenvalue weighted by atomic mass is 16.6. The molecular weight excluding hydrogens is 302 g/mol. The van der Waals surface area contributed by atoms with Gasteiger partial charge in [0.1, 0.15) is 11.5 Å². The summed E-state index contributed by atoms with van der Waals surface area (Å²) in [7, 11) is 2.67. The van der Waals surface area contributed by atoms with Crippen molar-refractivity contribution in [2.75, 3.05) is 14.2 Å². The quantitative estimate of drug-likeness (QED) is 0.348. The van der Waals surface area contributed by atoms with E-state index in [9.17, 15) is 14.9 Å². The number of ether oxygens (including phenoxy) is 3. The zero-order valence-corrected chi connectivity index (χ0v) is 12.5. The largest absolute Gasteiger partial charge is 0.493 e. The Bertz CT molecular complexity index is 735. The van der Waals surface area contributed by atoms with Crippen molar-refractivity contribution in [3.8, 4) is 17.6 Å². The van der Waals surface area contributed by atoms with Gasteiger partial charge in [0.2, 0.25) is 5.91 Å². The average Bonchev–Trinajstić information content (AvgIpc) is 2.53. The first-order valence-electron chi connectivity index (χ1n) is 6.57. The molecule has 1 aromatic carbocycles. The van der Waals surface area contributed by atoms with Crippen molar-refractivity contribution in [1.29, 1.82) is 5.26 Å². The number of rotatable bonds is 4. The number of nitrogens with zero attached hydrogens (tertiary/aromatic N) is 1. The summed E-state index contributed by atoms with van der Waals surface area (Å²) in [5.41, 5.74) is 11.3. The lowest BCUT2D eigenvalue weighted by molar-refractivity contribution is -0.132. The van der Waals surface area contributed by atoms with E-state index in [0.717, 1.165) is 0 Å². The van der Waals surface area contributed by atoms with Gasteiger partial charge in [-0.1, -0.05) is 12.1 Å². The van der Waals surface area contributed by atoms with Crippen molar-refractivity contribution in [1.82, 2.24) is 0 Å². The van der Waals surface area contributed by atoms with Crippen LogP contribution in [-0.2, 0) is 14.3 Å². The average molecular weight is 317 g/mol. The van der Waals surface area contributed by atoms with Crippen molar-refractivity contribution in [3.05, 3.63) is 35.2 Å². The predicted molar refractivity (Wildman–Crippen MR) is 77.9 cm³/mol. The molecule has 8 nitrogen and oxygen atoms in total. The van der Waals surface area contributed by atoms with Gasteiger partial charge in [-0.05, 0) is 6.07 Å². The first-order chi connectivity index (χ1) is 11.0. The smallest absolute Gasteiger partial charge is 0.345 e. The summed E-state index contributed by atoms with van der Waals surface area (Å²) < 4.78 is 15.3. The van der Waals surface area contributed by atoms with Crippen LogP contribution in [0.2, 0.25) is 0 Å². The maximum absolute atomic E-state index is 12.3. The number of primary amides is 1. The van der Waals surface area contributed by atoms with Crippen LogP contribution in [0.3, 0.4) is 0 Å². The molecule has 1 aliphatic rings. The first-order valence-corrected chi connectivity index (χ1v) is 6.57. The van der Waals surface area contributed by atoms with Crippen LogP contribution in [0.4, 0.5) is 0 Å². The van der Waals surface area contributed by atoms with Gasteiger partial charge in [0.15, 0.2) is 17.4 Å². The third kappa shape index (κ3) is 2.64. The molecule has 0 bridgehead atoms. The van der Waals surface area contributed by atoms with Gasteiger partial charge in [-0.15, -0.1) is 0 Å².